The van der Waals surface area contributed by atoms with Crippen LogP contribution in [0.2, 0.25) is 0 Å². The molecule has 1 aromatic carbocycles. The zero-order valence-corrected chi connectivity index (χ0v) is 16.3. The van der Waals surface area contributed by atoms with Gasteiger partial charge >= 0.3 is 12.1 Å². The molecular weight excluding hydrogens is 398 g/mol. The maximum atomic E-state index is 13.1. The largest absolute Gasteiger partial charge is 0.471 e. The Bertz CT molecular complexity index is 648. The van der Waals surface area contributed by atoms with Crippen molar-refractivity contribution in [2.24, 2.45) is 11.7 Å². The van der Waals surface area contributed by atoms with Gasteiger partial charge in [0.05, 0.1) is 0 Å². The Morgan fingerprint density at radius 1 is 1.18 bits per heavy atom. The van der Waals surface area contributed by atoms with E-state index in [1.807, 2.05) is 0 Å². The monoisotopic (exact) mass is 423 g/mol. The van der Waals surface area contributed by atoms with Crippen LogP contribution >= 0.6 is 12.4 Å². The van der Waals surface area contributed by atoms with Gasteiger partial charge in [0.15, 0.2) is 0 Å². The number of halogens is 5. The summed E-state index contributed by atoms with van der Waals surface area (Å²) in [7, 11) is 0. The van der Waals surface area contributed by atoms with E-state index in [9.17, 15) is 22.4 Å². The van der Waals surface area contributed by atoms with Crippen LogP contribution in [-0.2, 0) is 4.79 Å². The van der Waals surface area contributed by atoms with Gasteiger partial charge in [-0.1, -0.05) is 12.1 Å². The van der Waals surface area contributed by atoms with Crippen LogP contribution in [0, 0.1) is 11.7 Å². The van der Waals surface area contributed by atoms with Crippen LogP contribution in [0.15, 0.2) is 24.3 Å². The van der Waals surface area contributed by atoms with Gasteiger partial charge in [0, 0.05) is 31.6 Å². The maximum absolute atomic E-state index is 13.1. The molecule has 1 aliphatic carbocycles. The second-order valence-corrected chi connectivity index (χ2v) is 7.49. The van der Waals surface area contributed by atoms with E-state index in [4.69, 9.17) is 5.73 Å². The van der Waals surface area contributed by atoms with Crippen molar-refractivity contribution in [3.05, 3.63) is 35.6 Å². The zero-order chi connectivity index (χ0) is 19.6. The molecule has 1 amide bonds. The lowest BCUT2D eigenvalue weighted by Crippen LogP contribution is -2.47. The molecule has 2 fully saturated rings. The lowest BCUT2D eigenvalue weighted by molar-refractivity contribution is -0.187. The van der Waals surface area contributed by atoms with Crippen LogP contribution < -0.4 is 5.73 Å². The van der Waals surface area contributed by atoms with Crippen LogP contribution in [0.4, 0.5) is 17.6 Å². The lowest BCUT2D eigenvalue weighted by Gasteiger charge is -2.35. The van der Waals surface area contributed by atoms with Crippen molar-refractivity contribution in [3.63, 3.8) is 0 Å². The molecule has 1 saturated carbocycles. The smallest absolute Gasteiger partial charge is 0.331 e. The highest BCUT2D eigenvalue weighted by molar-refractivity contribution is 5.85. The normalized spacial score (nSPS) is 23.2. The minimum Gasteiger partial charge on any atom is -0.331 e. The molecule has 2 N–H and O–H groups in total. The molecule has 1 aromatic rings. The van der Waals surface area contributed by atoms with Crippen molar-refractivity contribution < 1.29 is 22.4 Å². The second kappa shape index (κ2) is 9.41. The number of piperidine rings is 1. The SMILES string of the molecule is Cl.NCCN1CCC(CN(C(=O)C(F)(F)F)C2CC2c2ccc(F)cc2)CC1. The molecule has 3 rings (SSSR count). The Morgan fingerprint density at radius 2 is 1.79 bits per heavy atom. The van der Waals surface area contributed by atoms with Crippen molar-refractivity contribution in [2.75, 3.05) is 32.7 Å². The fourth-order valence-electron chi connectivity index (χ4n) is 3.98. The number of nitrogens with zero attached hydrogens (tertiary/aromatic N) is 2. The summed E-state index contributed by atoms with van der Waals surface area (Å²) in [5, 5.41) is 0. The van der Waals surface area contributed by atoms with Gasteiger partial charge in [-0.3, -0.25) is 4.79 Å². The van der Waals surface area contributed by atoms with Crippen molar-refractivity contribution >= 4 is 18.3 Å². The fraction of sp³-hybridized carbons (Fsp3) is 0.632. The number of amides is 1. The molecule has 2 unspecified atom stereocenters. The molecule has 1 saturated heterocycles. The number of carbonyl (C=O) groups is 1. The molecule has 1 heterocycles. The second-order valence-electron chi connectivity index (χ2n) is 7.49. The van der Waals surface area contributed by atoms with Crippen LogP contribution in [0.3, 0.4) is 0 Å². The first-order chi connectivity index (χ1) is 12.8. The average molecular weight is 424 g/mol. The van der Waals surface area contributed by atoms with E-state index in [1.54, 1.807) is 12.1 Å². The molecule has 4 nitrogen and oxygen atoms in total. The maximum Gasteiger partial charge on any atom is 0.471 e. The summed E-state index contributed by atoms with van der Waals surface area (Å²) in [5.74, 6) is -2.25. The van der Waals surface area contributed by atoms with Gasteiger partial charge in [-0.25, -0.2) is 4.39 Å². The summed E-state index contributed by atoms with van der Waals surface area (Å²) >= 11 is 0. The van der Waals surface area contributed by atoms with Gasteiger partial charge in [0.2, 0.25) is 0 Å². The number of rotatable bonds is 6. The van der Waals surface area contributed by atoms with E-state index < -0.39 is 18.1 Å². The minimum absolute atomic E-state index is 0. The highest BCUT2D eigenvalue weighted by Gasteiger charge is 2.52. The Balaban J connectivity index is 0.00000280. The number of nitrogens with two attached hydrogens (primary N) is 1. The van der Waals surface area contributed by atoms with E-state index in [0.29, 0.717) is 13.0 Å². The third-order valence-corrected chi connectivity index (χ3v) is 5.57. The van der Waals surface area contributed by atoms with Crippen LogP contribution in [0.25, 0.3) is 0 Å². The highest BCUT2D eigenvalue weighted by Crippen LogP contribution is 2.46. The molecular formula is C19H26ClF4N3O. The van der Waals surface area contributed by atoms with Crippen molar-refractivity contribution in [3.8, 4) is 0 Å². The molecule has 2 aliphatic rings. The molecule has 1 aliphatic heterocycles. The minimum atomic E-state index is -4.88. The number of hydrogen-bond donors (Lipinski definition) is 1. The number of benzene rings is 1. The van der Waals surface area contributed by atoms with Gasteiger partial charge in [-0.15, -0.1) is 12.4 Å². The average Bonchev–Trinajstić information content (AvgIpc) is 3.41. The number of likely N-dealkylation sites (tertiary alicyclic amines) is 1. The van der Waals surface area contributed by atoms with Crippen LogP contribution in [-0.4, -0.2) is 60.6 Å². The summed E-state index contributed by atoms with van der Waals surface area (Å²) in [6, 6.07) is 5.30. The first-order valence-electron chi connectivity index (χ1n) is 9.35. The Labute approximate surface area is 168 Å². The van der Waals surface area contributed by atoms with Crippen molar-refractivity contribution in [2.45, 2.75) is 37.4 Å². The van der Waals surface area contributed by atoms with E-state index in [2.05, 4.69) is 4.90 Å². The van der Waals surface area contributed by atoms with Gasteiger partial charge in [0.1, 0.15) is 5.82 Å². The van der Waals surface area contributed by atoms with Gasteiger partial charge in [-0.05, 0) is 56.0 Å². The highest BCUT2D eigenvalue weighted by atomic mass is 35.5. The number of carbonyl (C=O) groups excluding carboxylic acids is 1. The first-order valence-corrected chi connectivity index (χ1v) is 9.35. The predicted octanol–water partition coefficient (Wildman–Crippen LogP) is 3.17. The Hall–Kier alpha value is -1.38. The topological polar surface area (TPSA) is 49.6 Å². The van der Waals surface area contributed by atoms with E-state index in [-0.39, 0.29) is 36.6 Å². The molecule has 2 atom stereocenters. The van der Waals surface area contributed by atoms with E-state index >= 15 is 0 Å². The third kappa shape index (κ3) is 5.58. The molecule has 9 heteroatoms. The summed E-state index contributed by atoms with van der Waals surface area (Å²) in [5.41, 5.74) is 6.32. The van der Waals surface area contributed by atoms with Crippen molar-refractivity contribution in [1.29, 1.82) is 0 Å². The third-order valence-electron chi connectivity index (χ3n) is 5.57. The molecule has 0 aromatic heterocycles. The first kappa shape index (κ1) is 22.9. The summed E-state index contributed by atoms with van der Waals surface area (Å²) in [6.45, 7) is 3.05. The Kier molecular flexibility index (Phi) is 7.70. The van der Waals surface area contributed by atoms with Crippen molar-refractivity contribution in [1.82, 2.24) is 9.80 Å². The van der Waals surface area contributed by atoms with E-state index in [0.717, 1.165) is 42.9 Å². The van der Waals surface area contributed by atoms with Gasteiger partial charge < -0.3 is 15.5 Å². The predicted molar refractivity (Wildman–Crippen MR) is 101 cm³/mol. The molecule has 158 valence electrons. The standard InChI is InChI=1S/C19H25F4N3O.ClH/c20-15-3-1-14(2-4-15)16-11-17(16)26(18(27)19(21,22)23)12-13-5-8-25(9-6-13)10-7-24;/h1-4,13,16-17H,5-12,24H2;1H. The molecule has 28 heavy (non-hydrogen) atoms. The number of alkyl halides is 3. The Morgan fingerprint density at radius 3 is 2.32 bits per heavy atom. The van der Waals surface area contributed by atoms with Crippen LogP contribution in [0.1, 0.15) is 30.7 Å². The molecule has 0 bridgehead atoms. The summed E-state index contributed by atoms with van der Waals surface area (Å²) in [6.07, 6.45) is -2.87. The quantitative estimate of drug-likeness (QED) is 0.715. The number of hydrogen-bond acceptors (Lipinski definition) is 3. The van der Waals surface area contributed by atoms with E-state index in [1.165, 1.54) is 12.1 Å². The molecule has 0 radical (unpaired) electrons. The zero-order valence-electron chi connectivity index (χ0n) is 15.5. The van der Waals surface area contributed by atoms with Gasteiger partial charge in [0.25, 0.3) is 0 Å². The van der Waals surface area contributed by atoms with Gasteiger partial charge in [-0.2, -0.15) is 13.2 Å². The summed E-state index contributed by atoms with van der Waals surface area (Å²) < 4.78 is 52.5. The fourth-order valence-corrected chi connectivity index (χ4v) is 3.98. The summed E-state index contributed by atoms with van der Waals surface area (Å²) in [4.78, 5) is 15.2. The van der Waals surface area contributed by atoms with Crippen LogP contribution in [0.5, 0.6) is 0 Å². The molecule has 0 spiro atoms. The lowest BCUT2D eigenvalue weighted by atomic mass is 9.96.